The Morgan fingerprint density at radius 1 is 1.11 bits per heavy atom. The fourth-order valence-electron chi connectivity index (χ4n) is 2.57. The van der Waals surface area contributed by atoms with E-state index in [0.717, 1.165) is 5.82 Å². The van der Waals surface area contributed by atoms with E-state index in [-0.39, 0.29) is 13.0 Å². The molecule has 0 bridgehead atoms. The van der Waals surface area contributed by atoms with Crippen LogP contribution in [0.25, 0.3) is 11.5 Å². The van der Waals surface area contributed by atoms with Crippen molar-refractivity contribution in [1.82, 2.24) is 15.0 Å². The van der Waals surface area contributed by atoms with Crippen molar-refractivity contribution in [3.8, 4) is 11.5 Å². The highest BCUT2D eigenvalue weighted by atomic mass is 16.4. The zero-order chi connectivity index (χ0) is 19.1. The van der Waals surface area contributed by atoms with Gasteiger partial charge in [0.15, 0.2) is 5.82 Å². The largest absolute Gasteiger partial charge is 0.481 e. The molecule has 3 aromatic rings. The van der Waals surface area contributed by atoms with Crippen molar-refractivity contribution in [1.29, 1.82) is 0 Å². The summed E-state index contributed by atoms with van der Waals surface area (Å²) in [5.74, 6) is 0.933. The Bertz CT molecular complexity index is 887. The average Bonchev–Trinajstić information content (AvgIpc) is 2.69. The maximum absolute atomic E-state index is 10.8. The number of nitrogens with one attached hydrogen (secondary N) is 1. The van der Waals surface area contributed by atoms with Gasteiger partial charge in [-0.25, -0.2) is 9.97 Å². The Morgan fingerprint density at radius 3 is 2.59 bits per heavy atom. The van der Waals surface area contributed by atoms with Gasteiger partial charge in [0.1, 0.15) is 17.3 Å². The fraction of sp³-hybridized carbons (Fsp3) is 0.200. The lowest BCUT2D eigenvalue weighted by Crippen LogP contribution is -2.19. The van der Waals surface area contributed by atoms with Crippen molar-refractivity contribution in [3.05, 3.63) is 66.4 Å². The molecule has 0 atom stereocenters. The van der Waals surface area contributed by atoms with Gasteiger partial charge in [-0.1, -0.05) is 36.4 Å². The number of aromatic nitrogens is 3. The number of carbonyl (C=O) groups is 1. The highest BCUT2D eigenvalue weighted by Crippen LogP contribution is 2.21. The third-order valence-corrected chi connectivity index (χ3v) is 3.91. The van der Waals surface area contributed by atoms with Crippen LogP contribution in [0.15, 0.2) is 60.8 Å². The minimum Gasteiger partial charge on any atom is -0.481 e. The molecule has 0 saturated carbocycles. The molecule has 2 heterocycles. The van der Waals surface area contributed by atoms with Gasteiger partial charge in [-0.15, -0.1) is 0 Å². The first kappa shape index (κ1) is 18.3. The molecule has 7 heteroatoms. The number of nitrogens with zero attached hydrogens (tertiary/aromatic N) is 4. The van der Waals surface area contributed by atoms with Crippen LogP contribution in [0.1, 0.15) is 12.0 Å². The predicted octanol–water partition coefficient (Wildman–Crippen LogP) is 3.06. The van der Waals surface area contributed by atoms with Gasteiger partial charge in [0.25, 0.3) is 0 Å². The lowest BCUT2D eigenvalue weighted by atomic mass is 10.2. The molecule has 0 aliphatic carbocycles. The summed E-state index contributed by atoms with van der Waals surface area (Å²) in [6.07, 6.45) is 1.70. The van der Waals surface area contributed by atoms with Crippen LogP contribution in [0.3, 0.4) is 0 Å². The maximum Gasteiger partial charge on any atom is 0.305 e. The third-order valence-electron chi connectivity index (χ3n) is 3.91. The molecule has 138 valence electrons. The summed E-state index contributed by atoms with van der Waals surface area (Å²) in [6.45, 7) is 0.976. The van der Waals surface area contributed by atoms with Crippen LogP contribution in [0.4, 0.5) is 11.6 Å². The van der Waals surface area contributed by atoms with Crippen molar-refractivity contribution < 1.29 is 9.90 Å². The Hall–Kier alpha value is -3.48. The van der Waals surface area contributed by atoms with E-state index in [1.54, 1.807) is 6.20 Å². The van der Waals surface area contributed by atoms with Gasteiger partial charge >= 0.3 is 5.97 Å². The number of carboxylic acid groups (broad SMARTS) is 1. The van der Waals surface area contributed by atoms with E-state index in [9.17, 15) is 4.79 Å². The lowest BCUT2D eigenvalue weighted by molar-refractivity contribution is -0.136. The van der Waals surface area contributed by atoms with Gasteiger partial charge in [0.05, 0.1) is 6.42 Å². The van der Waals surface area contributed by atoms with Crippen LogP contribution in [0, 0.1) is 0 Å². The average molecular weight is 363 g/mol. The molecule has 7 nitrogen and oxygen atoms in total. The molecule has 2 aromatic heterocycles. The summed E-state index contributed by atoms with van der Waals surface area (Å²) in [6, 6.07) is 17.5. The number of rotatable bonds is 8. The Labute approximate surface area is 157 Å². The molecule has 0 fully saturated rings. The fourth-order valence-corrected chi connectivity index (χ4v) is 2.57. The van der Waals surface area contributed by atoms with E-state index >= 15 is 0 Å². The van der Waals surface area contributed by atoms with Crippen molar-refractivity contribution in [2.24, 2.45) is 0 Å². The van der Waals surface area contributed by atoms with Crippen LogP contribution >= 0.6 is 0 Å². The molecule has 0 amide bonds. The Balaban J connectivity index is 1.87. The van der Waals surface area contributed by atoms with Crippen molar-refractivity contribution in [2.75, 3.05) is 23.8 Å². The lowest BCUT2D eigenvalue weighted by Gasteiger charge is -2.20. The molecule has 3 rings (SSSR count). The van der Waals surface area contributed by atoms with E-state index in [0.29, 0.717) is 23.9 Å². The molecule has 0 aliphatic heterocycles. The van der Waals surface area contributed by atoms with Crippen LogP contribution in [0.2, 0.25) is 0 Å². The molecule has 0 saturated heterocycles. The van der Waals surface area contributed by atoms with Gasteiger partial charge in [-0.05, 0) is 17.7 Å². The molecule has 0 aliphatic rings. The topological polar surface area (TPSA) is 91.2 Å². The zero-order valence-electron chi connectivity index (χ0n) is 15.0. The first-order valence-corrected chi connectivity index (χ1v) is 8.63. The molecule has 2 N–H and O–H groups in total. The summed E-state index contributed by atoms with van der Waals surface area (Å²) in [4.78, 5) is 26.2. The van der Waals surface area contributed by atoms with E-state index < -0.39 is 5.97 Å². The maximum atomic E-state index is 10.8. The molecular formula is C20H21N5O2. The number of hydrogen-bond acceptors (Lipinski definition) is 6. The van der Waals surface area contributed by atoms with E-state index in [1.807, 2.05) is 54.4 Å². The Kier molecular flexibility index (Phi) is 5.94. The molecular weight excluding hydrogens is 342 g/mol. The highest BCUT2D eigenvalue weighted by molar-refractivity contribution is 5.67. The first-order valence-electron chi connectivity index (χ1n) is 8.63. The number of anilines is 2. The summed E-state index contributed by atoms with van der Waals surface area (Å²) in [5.41, 5.74) is 1.83. The molecule has 0 unspecified atom stereocenters. The van der Waals surface area contributed by atoms with Crippen LogP contribution < -0.4 is 10.2 Å². The zero-order valence-corrected chi connectivity index (χ0v) is 15.0. The van der Waals surface area contributed by atoms with Crippen molar-refractivity contribution >= 4 is 17.6 Å². The molecule has 0 spiro atoms. The minimum atomic E-state index is -0.858. The number of hydrogen-bond donors (Lipinski definition) is 2. The summed E-state index contributed by atoms with van der Waals surface area (Å²) in [7, 11) is 1.96. The van der Waals surface area contributed by atoms with Gasteiger partial charge in [-0.2, -0.15) is 0 Å². The SMILES string of the molecule is CN(Cc1ccccc1)c1cc(NCCC(=O)O)nc(-c2ccccn2)n1. The standard InChI is InChI=1S/C20H21N5O2/c1-25(14-15-7-3-2-4-8-15)18-13-17(22-12-10-19(26)27)23-20(24-18)16-9-5-6-11-21-16/h2-9,11,13H,10,12,14H2,1H3,(H,26,27)(H,22,23,24). The van der Waals surface area contributed by atoms with Crippen LogP contribution in [0.5, 0.6) is 0 Å². The predicted molar refractivity (Wildman–Crippen MR) is 105 cm³/mol. The number of pyridine rings is 1. The second kappa shape index (κ2) is 8.75. The van der Waals surface area contributed by atoms with Gasteiger partial charge < -0.3 is 15.3 Å². The number of aliphatic carboxylic acids is 1. The molecule has 1 aromatic carbocycles. The first-order chi connectivity index (χ1) is 13.1. The molecule has 0 radical (unpaired) electrons. The smallest absolute Gasteiger partial charge is 0.305 e. The summed E-state index contributed by atoms with van der Waals surface area (Å²) in [5, 5.41) is 11.9. The van der Waals surface area contributed by atoms with Gasteiger partial charge in [0, 0.05) is 32.4 Å². The van der Waals surface area contributed by atoms with Gasteiger partial charge in [-0.3, -0.25) is 9.78 Å². The number of carboxylic acids is 1. The van der Waals surface area contributed by atoms with Gasteiger partial charge in [0.2, 0.25) is 0 Å². The highest BCUT2D eigenvalue weighted by Gasteiger charge is 2.11. The van der Waals surface area contributed by atoms with E-state index in [4.69, 9.17) is 5.11 Å². The second-order valence-electron chi connectivity index (χ2n) is 6.06. The van der Waals surface area contributed by atoms with E-state index in [1.165, 1.54) is 5.56 Å². The van der Waals surface area contributed by atoms with Crippen molar-refractivity contribution in [2.45, 2.75) is 13.0 Å². The number of benzene rings is 1. The van der Waals surface area contributed by atoms with E-state index in [2.05, 4.69) is 32.4 Å². The summed E-state index contributed by atoms with van der Waals surface area (Å²) < 4.78 is 0. The molecule has 27 heavy (non-hydrogen) atoms. The van der Waals surface area contributed by atoms with Crippen LogP contribution in [-0.2, 0) is 11.3 Å². The Morgan fingerprint density at radius 2 is 1.89 bits per heavy atom. The van der Waals surface area contributed by atoms with Crippen molar-refractivity contribution in [3.63, 3.8) is 0 Å². The normalized spacial score (nSPS) is 10.4. The second-order valence-corrected chi connectivity index (χ2v) is 6.06. The summed E-state index contributed by atoms with van der Waals surface area (Å²) >= 11 is 0. The third kappa shape index (κ3) is 5.24. The van der Waals surface area contributed by atoms with Crippen LogP contribution in [-0.4, -0.2) is 39.6 Å². The minimum absolute atomic E-state index is 0.0120. The quantitative estimate of drug-likeness (QED) is 0.635. The monoisotopic (exact) mass is 363 g/mol.